The summed E-state index contributed by atoms with van der Waals surface area (Å²) in [5.74, 6) is 0.759. The SMILES string of the molecule is CC1CCCC(C(N)c2cccc3ccsc23)(N(C)C)C1. The summed E-state index contributed by atoms with van der Waals surface area (Å²) >= 11 is 1.82. The van der Waals surface area contributed by atoms with Gasteiger partial charge in [0.25, 0.3) is 0 Å². The lowest BCUT2D eigenvalue weighted by atomic mass is 9.70. The van der Waals surface area contributed by atoms with Crippen molar-refractivity contribution >= 4 is 21.4 Å². The van der Waals surface area contributed by atoms with Gasteiger partial charge in [0.05, 0.1) is 0 Å². The molecule has 0 amide bonds. The third-order valence-corrected chi connectivity index (χ3v) is 6.30. The summed E-state index contributed by atoms with van der Waals surface area (Å²) in [6.07, 6.45) is 5.02. The van der Waals surface area contributed by atoms with Gasteiger partial charge in [-0.2, -0.15) is 0 Å². The van der Waals surface area contributed by atoms with E-state index in [9.17, 15) is 0 Å². The lowest BCUT2D eigenvalue weighted by Crippen LogP contribution is -2.54. The van der Waals surface area contributed by atoms with Crippen LogP contribution >= 0.6 is 11.3 Å². The van der Waals surface area contributed by atoms with Crippen LogP contribution in [0.3, 0.4) is 0 Å². The molecule has 1 aliphatic carbocycles. The molecule has 0 aliphatic heterocycles. The molecule has 3 heteroatoms. The number of likely N-dealkylation sites (N-methyl/N-ethyl adjacent to an activating group) is 1. The minimum atomic E-state index is 0.0811. The normalized spacial score (nSPS) is 28.1. The number of rotatable bonds is 3. The van der Waals surface area contributed by atoms with E-state index in [1.807, 2.05) is 11.3 Å². The molecule has 3 atom stereocenters. The summed E-state index contributed by atoms with van der Waals surface area (Å²) in [5.41, 5.74) is 8.28. The van der Waals surface area contributed by atoms with E-state index in [1.54, 1.807) is 0 Å². The number of nitrogens with zero attached hydrogens (tertiary/aromatic N) is 1. The highest BCUT2D eigenvalue weighted by Crippen LogP contribution is 2.44. The molecule has 1 heterocycles. The summed E-state index contributed by atoms with van der Waals surface area (Å²) in [7, 11) is 4.40. The van der Waals surface area contributed by atoms with Gasteiger partial charge in [0.2, 0.25) is 0 Å². The zero-order chi connectivity index (χ0) is 15.0. The van der Waals surface area contributed by atoms with Gasteiger partial charge in [0.15, 0.2) is 0 Å². The van der Waals surface area contributed by atoms with Crippen LogP contribution in [0.5, 0.6) is 0 Å². The Labute approximate surface area is 131 Å². The van der Waals surface area contributed by atoms with Crippen molar-refractivity contribution in [2.45, 2.75) is 44.2 Å². The summed E-state index contributed by atoms with van der Waals surface area (Å²) in [4.78, 5) is 2.39. The van der Waals surface area contributed by atoms with Crippen LogP contribution in [0.25, 0.3) is 10.1 Å². The van der Waals surface area contributed by atoms with Crippen LogP contribution in [-0.2, 0) is 0 Å². The predicted molar refractivity (Wildman–Crippen MR) is 92.8 cm³/mol. The lowest BCUT2D eigenvalue weighted by molar-refractivity contribution is 0.0504. The fourth-order valence-corrected chi connectivity index (χ4v) is 5.04. The largest absolute Gasteiger partial charge is 0.322 e. The van der Waals surface area contributed by atoms with E-state index in [0.29, 0.717) is 0 Å². The van der Waals surface area contributed by atoms with Gasteiger partial charge >= 0.3 is 0 Å². The summed E-state index contributed by atoms with van der Waals surface area (Å²) < 4.78 is 1.37. The van der Waals surface area contributed by atoms with Crippen LogP contribution in [0.1, 0.15) is 44.2 Å². The highest BCUT2D eigenvalue weighted by Gasteiger charge is 2.43. The lowest BCUT2D eigenvalue weighted by Gasteiger charge is -2.49. The first-order valence-corrected chi connectivity index (χ1v) is 8.82. The second kappa shape index (κ2) is 5.71. The van der Waals surface area contributed by atoms with E-state index in [4.69, 9.17) is 5.73 Å². The second-order valence-corrected chi connectivity index (χ2v) is 7.78. The maximum absolute atomic E-state index is 6.86. The van der Waals surface area contributed by atoms with Crippen LogP contribution in [0.15, 0.2) is 29.6 Å². The number of hydrogen-bond acceptors (Lipinski definition) is 3. The highest BCUT2D eigenvalue weighted by molar-refractivity contribution is 7.17. The molecular formula is C18H26N2S. The molecule has 1 fully saturated rings. The number of thiophene rings is 1. The van der Waals surface area contributed by atoms with E-state index < -0.39 is 0 Å². The fourth-order valence-electron chi connectivity index (χ4n) is 4.08. The first-order valence-electron chi connectivity index (χ1n) is 7.94. The summed E-state index contributed by atoms with van der Waals surface area (Å²) in [5, 5.41) is 3.50. The van der Waals surface area contributed by atoms with Crippen molar-refractivity contribution in [2.75, 3.05) is 14.1 Å². The average molecular weight is 302 g/mol. The van der Waals surface area contributed by atoms with Crippen molar-refractivity contribution in [3.05, 3.63) is 35.2 Å². The zero-order valence-electron chi connectivity index (χ0n) is 13.3. The maximum atomic E-state index is 6.86. The van der Waals surface area contributed by atoms with Crippen molar-refractivity contribution < 1.29 is 0 Å². The van der Waals surface area contributed by atoms with E-state index in [0.717, 1.165) is 5.92 Å². The molecule has 1 saturated carbocycles. The van der Waals surface area contributed by atoms with Crippen LogP contribution in [-0.4, -0.2) is 24.5 Å². The Morgan fingerprint density at radius 1 is 1.33 bits per heavy atom. The minimum absolute atomic E-state index is 0.0811. The molecule has 21 heavy (non-hydrogen) atoms. The second-order valence-electron chi connectivity index (χ2n) is 6.86. The molecule has 1 aliphatic rings. The molecule has 0 saturated heterocycles. The molecule has 2 aromatic rings. The van der Waals surface area contributed by atoms with Crippen molar-refractivity contribution in [1.29, 1.82) is 0 Å². The van der Waals surface area contributed by atoms with Gasteiger partial charge in [-0.25, -0.2) is 0 Å². The zero-order valence-corrected chi connectivity index (χ0v) is 14.1. The average Bonchev–Trinajstić information content (AvgIpc) is 2.94. The van der Waals surface area contributed by atoms with Gasteiger partial charge in [0, 0.05) is 16.3 Å². The molecule has 2 nitrogen and oxygen atoms in total. The monoisotopic (exact) mass is 302 g/mol. The van der Waals surface area contributed by atoms with Gasteiger partial charge < -0.3 is 10.6 Å². The first kappa shape index (κ1) is 15.0. The number of hydrogen-bond donors (Lipinski definition) is 1. The van der Waals surface area contributed by atoms with Crippen molar-refractivity contribution in [1.82, 2.24) is 4.90 Å². The van der Waals surface area contributed by atoms with E-state index in [1.165, 1.54) is 41.3 Å². The number of nitrogens with two attached hydrogens (primary N) is 1. The molecule has 1 aromatic carbocycles. The fraction of sp³-hybridized carbons (Fsp3) is 0.556. The Bertz CT molecular complexity index is 618. The van der Waals surface area contributed by atoms with Gasteiger partial charge in [-0.3, -0.25) is 0 Å². The molecule has 0 spiro atoms. The molecule has 0 bridgehead atoms. The minimum Gasteiger partial charge on any atom is -0.322 e. The van der Waals surface area contributed by atoms with Crippen LogP contribution < -0.4 is 5.73 Å². The Hall–Kier alpha value is -0.900. The van der Waals surface area contributed by atoms with Crippen LogP contribution in [0, 0.1) is 5.92 Å². The summed E-state index contributed by atoms with van der Waals surface area (Å²) in [6, 6.07) is 8.85. The van der Waals surface area contributed by atoms with E-state index in [2.05, 4.69) is 55.6 Å². The predicted octanol–water partition coefficient (Wildman–Crippen LogP) is 4.41. The van der Waals surface area contributed by atoms with Crippen LogP contribution in [0.2, 0.25) is 0 Å². The van der Waals surface area contributed by atoms with Gasteiger partial charge in [-0.15, -0.1) is 11.3 Å². The quantitative estimate of drug-likeness (QED) is 0.910. The van der Waals surface area contributed by atoms with Crippen LogP contribution in [0.4, 0.5) is 0 Å². The van der Waals surface area contributed by atoms with E-state index in [-0.39, 0.29) is 11.6 Å². The standard InChI is InChI=1S/C18H26N2S/c1-13-6-5-10-18(12-13,20(2)3)17(19)15-8-4-7-14-9-11-21-16(14)15/h4,7-9,11,13,17H,5-6,10,12,19H2,1-3H3. The molecule has 3 unspecified atom stereocenters. The Morgan fingerprint density at radius 2 is 2.14 bits per heavy atom. The third kappa shape index (κ3) is 2.52. The third-order valence-electron chi connectivity index (χ3n) is 5.32. The highest BCUT2D eigenvalue weighted by atomic mass is 32.1. The molecule has 2 N–H and O–H groups in total. The van der Waals surface area contributed by atoms with Gasteiger partial charge in [0.1, 0.15) is 0 Å². The topological polar surface area (TPSA) is 29.3 Å². The molecular weight excluding hydrogens is 276 g/mol. The molecule has 0 radical (unpaired) electrons. The van der Waals surface area contributed by atoms with Crippen molar-refractivity contribution in [2.24, 2.45) is 11.7 Å². The Morgan fingerprint density at radius 3 is 2.86 bits per heavy atom. The van der Waals surface area contributed by atoms with Crippen molar-refractivity contribution in [3.63, 3.8) is 0 Å². The Kier molecular flexibility index (Phi) is 4.08. The number of fused-ring (bicyclic) bond motifs is 1. The maximum Gasteiger partial charge on any atom is 0.0496 e. The Balaban J connectivity index is 2.05. The van der Waals surface area contributed by atoms with Gasteiger partial charge in [-0.05, 0) is 55.3 Å². The first-order chi connectivity index (χ1) is 10.0. The smallest absolute Gasteiger partial charge is 0.0496 e. The van der Waals surface area contributed by atoms with Gasteiger partial charge in [-0.1, -0.05) is 38.0 Å². The van der Waals surface area contributed by atoms with Crippen molar-refractivity contribution in [3.8, 4) is 0 Å². The molecule has 3 rings (SSSR count). The molecule has 1 aromatic heterocycles. The molecule has 114 valence electrons. The summed E-state index contributed by atoms with van der Waals surface area (Å²) in [6.45, 7) is 2.37. The number of benzene rings is 1. The van der Waals surface area contributed by atoms with E-state index >= 15 is 0 Å².